The van der Waals surface area contributed by atoms with E-state index in [-0.39, 0.29) is 30.1 Å². The van der Waals surface area contributed by atoms with Crippen molar-refractivity contribution in [3.8, 4) is 12.3 Å². The largest absolute Gasteiger partial charge is 0.460 e. The lowest BCUT2D eigenvalue weighted by molar-refractivity contribution is -0.159. The lowest BCUT2D eigenvalue weighted by Gasteiger charge is -2.23. The minimum atomic E-state index is -1.94. The third kappa shape index (κ3) is 4.76. The van der Waals surface area contributed by atoms with E-state index in [2.05, 4.69) is 21.2 Å². The van der Waals surface area contributed by atoms with E-state index in [1.807, 2.05) is 0 Å². The van der Waals surface area contributed by atoms with Crippen molar-refractivity contribution < 1.29 is 33.0 Å². The van der Waals surface area contributed by atoms with Gasteiger partial charge in [-0.05, 0) is 6.42 Å². The number of anilines is 1. The minimum absolute atomic E-state index is 0.0328. The van der Waals surface area contributed by atoms with Crippen LogP contribution in [0.4, 0.5) is 10.3 Å². The Morgan fingerprint density at radius 3 is 2.59 bits per heavy atom. The number of rotatable bonds is 7. The monoisotopic (exact) mass is 477 g/mol. The van der Waals surface area contributed by atoms with Crippen molar-refractivity contribution in [2.75, 3.05) is 5.32 Å². The number of nitrogens with zero attached hydrogens (tertiary/aromatic N) is 4. The summed E-state index contributed by atoms with van der Waals surface area (Å²) >= 11 is 0. The summed E-state index contributed by atoms with van der Waals surface area (Å²) in [4.78, 5) is 56.2. The van der Waals surface area contributed by atoms with E-state index < -0.39 is 54.2 Å². The predicted octanol–water partition coefficient (Wildman–Crippen LogP) is 0.694. The average Bonchev–Trinajstić information content (AvgIpc) is 3.19. The second kappa shape index (κ2) is 10.0. The third-order valence-electron chi connectivity index (χ3n) is 5.09. The van der Waals surface area contributed by atoms with Gasteiger partial charge < -0.3 is 14.2 Å². The fourth-order valence-corrected chi connectivity index (χ4v) is 3.82. The Morgan fingerprint density at radius 2 is 2.03 bits per heavy atom. The van der Waals surface area contributed by atoms with E-state index in [0.29, 0.717) is 0 Å². The molecular formula is C21H24FN5O7. The van der Waals surface area contributed by atoms with Crippen molar-refractivity contribution in [3.63, 3.8) is 0 Å². The molecule has 2 aromatic rings. The zero-order valence-electron chi connectivity index (χ0n) is 19.0. The van der Waals surface area contributed by atoms with Gasteiger partial charge in [0.25, 0.3) is 0 Å². The number of aromatic nitrogens is 4. The summed E-state index contributed by atoms with van der Waals surface area (Å²) in [6, 6.07) is 0. The maximum Gasteiger partial charge on any atom is 0.333 e. The number of ether oxygens (including phenoxy) is 3. The maximum absolute atomic E-state index is 15.5. The van der Waals surface area contributed by atoms with Crippen molar-refractivity contribution in [1.29, 1.82) is 0 Å². The molecule has 3 heterocycles. The molecule has 1 amide bonds. The lowest BCUT2D eigenvalue weighted by atomic mass is 10.0. The zero-order valence-corrected chi connectivity index (χ0v) is 19.0. The number of halogens is 1. The van der Waals surface area contributed by atoms with Gasteiger partial charge in [-0.3, -0.25) is 24.3 Å². The van der Waals surface area contributed by atoms with Crippen LogP contribution in [0.3, 0.4) is 0 Å². The van der Waals surface area contributed by atoms with E-state index in [0.717, 1.165) is 16.1 Å². The van der Waals surface area contributed by atoms with Crippen LogP contribution in [0.25, 0.3) is 11.2 Å². The number of imidazole rings is 1. The van der Waals surface area contributed by atoms with Gasteiger partial charge in [0, 0.05) is 20.8 Å². The summed E-state index contributed by atoms with van der Waals surface area (Å²) in [7, 11) is 0. The summed E-state index contributed by atoms with van der Waals surface area (Å²) in [6.07, 6.45) is -0.438. The SMILES string of the molecule is C#CCn1c(=O)n([C@@H]2O[C@H]([C@H](CC)OC(C)=O)[C@H](F)[C@H]2OC(C)=O)c2nc(NC(C)=O)ncc21. The van der Waals surface area contributed by atoms with Gasteiger partial charge in [-0.25, -0.2) is 18.7 Å². The molecular weight excluding hydrogens is 453 g/mol. The van der Waals surface area contributed by atoms with Crippen LogP contribution < -0.4 is 11.0 Å². The molecule has 1 aliphatic heterocycles. The van der Waals surface area contributed by atoms with Crippen LogP contribution in [0.2, 0.25) is 0 Å². The topological polar surface area (TPSA) is 144 Å². The average molecular weight is 477 g/mol. The van der Waals surface area contributed by atoms with E-state index in [4.69, 9.17) is 20.6 Å². The van der Waals surface area contributed by atoms with Crippen molar-refractivity contribution in [2.45, 2.75) is 71.4 Å². The molecule has 0 radical (unpaired) electrons. The molecule has 1 N–H and O–H groups in total. The summed E-state index contributed by atoms with van der Waals surface area (Å²) in [5, 5.41) is 2.40. The first-order chi connectivity index (χ1) is 16.1. The Labute approximate surface area is 193 Å². The second-order valence-electron chi connectivity index (χ2n) is 7.59. The highest BCUT2D eigenvalue weighted by atomic mass is 19.1. The van der Waals surface area contributed by atoms with Gasteiger partial charge >= 0.3 is 17.6 Å². The quantitative estimate of drug-likeness (QED) is 0.450. The highest BCUT2D eigenvalue weighted by molar-refractivity contribution is 5.87. The Hall–Kier alpha value is -3.79. The number of esters is 2. The Kier molecular flexibility index (Phi) is 7.31. The molecule has 182 valence electrons. The number of alkyl halides is 1. The standard InChI is InChI=1S/C21H24FN5O7/c1-6-8-26-13-9-23-20(24-10(3)28)25-18(13)27(21(26)31)19-17(33-12(5)30)15(22)16(34-19)14(7-2)32-11(4)29/h1,9,14-17,19H,7-8H2,2-5H3,(H,23,24,25,28)/t14-,15-,16+,17+,19+/m0/s1. The molecule has 0 saturated carbocycles. The van der Waals surface area contributed by atoms with Crippen LogP contribution in [-0.2, 0) is 35.1 Å². The van der Waals surface area contributed by atoms with E-state index in [1.54, 1.807) is 6.92 Å². The van der Waals surface area contributed by atoms with Crippen molar-refractivity contribution in [3.05, 3.63) is 16.7 Å². The molecule has 5 atom stereocenters. The molecule has 0 spiro atoms. The molecule has 12 nitrogen and oxygen atoms in total. The summed E-state index contributed by atoms with van der Waals surface area (Å²) in [5.41, 5.74) is -0.569. The van der Waals surface area contributed by atoms with Crippen LogP contribution in [0, 0.1) is 12.3 Å². The van der Waals surface area contributed by atoms with Gasteiger partial charge in [0.2, 0.25) is 11.9 Å². The van der Waals surface area contributed by atoms with Gasteiger partial charge in [0.15, 0.2) is 24.2 Å². The molecule has 34 heavy (non-hydrogen) atoms. The number of carbonyl (C=O) groups excluding carboxylic acids is 3. The normalized spacial score (nSPS) is 22.7. The van der Waals surface area contributed by atoms with Crippen LogP contribution in [0.1, 0.15) is 40.3 Å². The Bertz CT molecular complexity index is 1220. The van der Waals surface area contributed by atoms with Crippen LogP contribution >= 0.6 is 0 Å². The first-order valence-electron chi connectivity index (χ1n) is 10.4. The molecule has 2 aromatic heterocycles. The number of amides is 1. The number of hydrogen-bond acceptors (Lipinski definition) is 9. The van der Waals surface area contributed by atoms with Crippen LogP contribution in [0.5, 0.6) is 0 Å². The Balaban J connectivity index is 2.19. The maximum atomic E-state index is 15.5. The van der Waals surface area contributed by atoms with Crippen molar-refractivity contribution >= 4 is 35.0 Å². The summed E-state index contributed by atoms with van der Waals surface area (Å²) in [6.45, 7) is 5.00. The van der Waals surface area contributed by atoms with Gasteiger partial charge in [-0.2, -0.15) is 4.98 Å². The molecule has 1 fully saturated rings. The number of carbonyl (C=O) groups is 3. The van der Waals surface area contributed by atoms with E-state index in [9.17, 15) is 19.2 Å². The highest BCUT2D eigenvalue weighted by Gasteiger charge is 2.53. The first kappa shape index (κ1) is 24.8. The fraction of sp³-hybridized carbons (Fsp3) is 0.524. The number of nitrogens with one attached hydrogen (secondary N) is 1. The first-order valence-corrected chi connectivity index (χ1v) is 10.4. The van der Waals surface area contributed by atoms with Crippen LogP contribution in [-0.4, -0.2) is 61.4 Å². The second-order valence-corrected chi connectivity index (χ2v) is 7.59. The smallest absolute Gasteiger partial charge is 0.333 e. The van der Waals surface area contributed by atoms with Crippen LogP contribution in [0.15, 0.2) is 11.0 Å². The molecule has 13 heteroatoms. The molecule has 0 aromatic carbocycles. The van der Waals surface area contributed by atoms with Gasteiger partial charge in [0.1, 0.15) is 17.7 Å². The highest BCUT2D eigenvalue weighted by Crippen LogP contribution is 2.37. The number of terminal acetylenes is 1. The molecule has 0 aliphatic carbocycles. The minimum Gasteiger partial charge on any atom is -0.460 e. The predicted molar refractivity (Wildman–Crippen MR) is 115 cm³/mol. The third-order valence-corrected chi connectivity index (χ3v) is 5.09. The molecule has 0 unspecified atom stereocenters. The van der Waals surface area contributed by atoms with E-state index in [1.165, 1.54) is 20.0 Å². The zero-order chi connectivity index (χ0) is 25.2. The molecule has 0 bridgehead atoms. The number of fused-ring (bicyclic) bond motifs is 1. The van der Waals surface area contributed by atoms with Gasteiger partial charge in [-0.1, -0.05) is 12.8 Å². The fourth-order valence-electron chi connectivity index (χ4n) is 3.82. The van der Waals surface area contributed by atoms with Gasteiger partial charge in [0.05, 0.1) is 12.7 Å². The Morgan fingerprint density at radius 1 is 1.32 bits per heavy atom. The number of hydrogen-bond donors (Lipinski definition) is 1. The summed E-state index contributed by atoms with van der Waals surface area (Å²) in [5.74, 6) is 0.314. The molecule has 3 rings (SSSR count). The lowest BCUT2D eigenvalue weighted by Crippen LogP contribution is -2.39. The molecule has 1 aliphatic rings. The van der Waals surface area contributed by atoms with Crippen molar-refractivity contribution in [1.82, 2.24) is 19.1 Å². The summed E-state index contributed by atoms with van der Waals surface area (Å²) < 4.78 is 33.9. The molecule has 1 saturated heterocycles. The van der Waals surface area contributed by atoms with E-state index >= 15 is 4.39 Å². The van der Waals surface area contributed by atoms with Gasteiger partial charge in [-0.15, -0.1) is 6.42 Å². The van der Waals surface area contributed by atoms with Crippen molar-refractivity contribution in [2.24, 2.45) is 0 Å².